The molecule has 1 atom stereocenters. The molecule has 0 aromatic carbocycles. The van der Waals surface area contributed by atoms with E-state index in [1.54, 1.807) is 6.20 Å². The fourth-order valence-electron chi connectivity index (χ4n) is 1.01. The number of nitrogens with zero attached hydrogens (tertiary/aromatic N) is 2. The first-order valence-electron chi connectivity index (χ1n) is 3.78. The van der Waals surface area contributed by atoms with Crippen LogP contribution < -0.4 is 5.73 Å². The van der Waals surface area contributed by atoms with Crippen molar-refractivity contribution in [3.63, 3.8) is 0 Å². The highest BCUT2D eigenvalue weighted by Gasteiger charge is 2.18. The summed E-state index contributed by atoms with van der Waals surface area (Å²) in [5, 5.41) is 12.6. The van der Waals surface area contributed by atoms with Crippen LogP contribution in [0.1, 0.15) is 11.5 Å². The standard InChI is InChI=1S/C8H11N3O2/c1-2-11-5-6(4-10-11)7(3-9)8(12)13/h2,4-5,7H,1,3,9H2,(H,12,13). The number of hydrogen-bond acceptors (Lipinski definition) is 3. The molecule has 5 heteroatoms. The Morgan fingerprint density at radius 2 is 2.62 bits per heavy atom. The van der Waals surface area contributed by atoms with E-state index < -0.39 is 11.9 Å². The van der Waals surface area contributed by atoms with Crippen molar-refractivity contribution in [2.45, 2.75) is 5.92 Å². The molecule has 0 amide bonds. The van der Waals surface area contributed by atoms with Gasteiger partial charge in [0.2, 0.25) is 0 Å². The molecule has 0 radical (unpaired) electrons. The second-order valence-corrected chi connectivity index (χ2v) is 2.56. The number of carbonyl (C=O) groups is 1. The van der Waals surface area contributed by atoms with Crippen LogP contribution in [0.3, 0.4) is 0 Å². The smallest absolute Gasteiger partial charge is 0.312 e. The van der Waals surface area contributed by atoms with Crippen molar-refractivity contribution in [1.82, 2.24) is 9.78 Å². The number of rotatable bonds is 4. The zero-order valence-electron chi connectivity index (χ0n) is 7.05. The maximum atomic E-state index is 10.7. The van der Waals surface area contributed by atoms with Crippen molar-refractivity contribution in [1.29, 1.82) is 0 Å². The van der Waals surface area contributed by atoms with Gasteiger partial charge >= 0.3 is 5.97 Å². The third-order valence-electron chi connectivity index (χ3n) is 1.74. The van der Waals surface area contributed by atoms with Crippen molar-refractivity contribution in [2.24, 2.45) is 5.73 Å². The summed E-state index contributed by atoms with van der Waals surface area (Å²) in [4.78, 5) is 10.7. The Balaban J connectivity index is 2.91. The average molecular weight is 181 g/mol. The highest BCUT2D eigenvalue weighted by molar-refractivity contribution is 5.76. The van der Waals surface area contributed by atoms with E-state index in [9.17, 15) is 4.79 Å². The maximum absolute atomic E-state index is 10.7. The third-order valence-corrected chi connectivity index (χ3v) is 1.74. The molecule has 0 bridgehead atoms. The van der Waals surface area contributed by atoms with Crippen molar-refractivity contribution in [3.05, 3.63) is 24.5 Å². The summed E-state index contributed by atoms with van der Waals surface area (Å²) in [6.07, 6.45) is 4.56. The molecule has 1 aromatic heterocycles. The van der Waals surface area contributed by atoms with Crippen LogP contribution in [0.4, 0.5) is 0 Å². The molecule has 1 rings (SSSR count). The summed E-state index contributed by atoms with van der Waals surface area (Å²) in [5.41, 5.74) is 5.91. The van der Waals surface area contributed by atoms with Crippen LogP contribution in [0.5, 0.6) is 0 Å². The Morgan fingerprint density at radius 1 is 1.92 bits per heavy atom. The van der Waals surface area contributed by atoms with Gasteiger partial charge in [0, 0.05) is 24.5 Å². The van der Waals surface area contributed by atoms with E-state index in [-0.39, 0.29) is 6.54 Å². The lowest BCUT2D eigenvalue weighted by Crippen LogP contribution is -2.20. The predicted octanol–water partition coefficient (Wildman–Crippen LogP) is 0.110. The fraction of sp³-hybridized carbons (Fsp3) is 0.250. The van der Waals surface area contributed by atoms with Gasteiger partial charge in [0.25, 0.3) is 0 Å². The number of nitrogens with two attached hydrogens (primary N) is 1. The summed E-state index contributed by atoms with van der Waals surface area (Å²) in [6, 6.07) is 0. The number of aliphatic carboxylic acids is 1. The van der Waals surface area contributed by atoms with Crippen LogP contribution >= 0.6 is 0 Å². The molecule has 0 fully saturated rings. The van der Waals surface area contributed by atoms with Crippen LogP contribution in [0.25, 0.3) is 6.20 Å². The van der Waals surface area contributed by atoms with Crippen LogP contribution in [-0.4, -0.2) is 27.4 Å². The van der Waals surface area contributed by atoms with Crippen LogP contribution in [0.15, 0.2) is 19.0 Å². The average Bonchev–Trinajstić information content (AvgIpc) is 2.53. The molecule has 0 aliphatic rings. The monoisotopic (exact) mass is 181 g/mol. The largest absolute Gasteiger partial charge is 0.481 e. The number of carboxylic acids is 1. The summed E-state index contributed by atoms with van der Waals surface area (Å²) in [7, 11) is 0. The second-order valence-electron chi connectivity index (χ2n) is 2.56. The highest BCUT2D eigenvalue weighted by atomic mass is 16.4. The Hall–Kier alpha value is -1.62. The Kier molecular flexibility index (Phi) is 2.81. The minimum Gasteiger partial charge on any atom is -0.481 e. The van der Waals surface area contributed by atoms with E-state index >= 15 is 0 Å². The van der Waals surface area contributed by atoms with E-state index in [2.05, 4.69) is 11.7 Å². The lowest BCUT2D eigenvalue weighted by atomic mass is 10.0. The Labute approximate surface area is 75.5 Å². The summed E-state index contributed by atoms with van der Waals surface area (Å²) < 4.78 is 1.45. The van der Waals surface area contributed by atoms with Crippen molar-refractivity contribution >= 4 is 12.2 Å². The van der Waals surface area contributed by atoms with Gasteiger partial charge in [-0.15, -0.1) is 0 Å². The minimum absolute atomic E-state index is 0.0676. The molecular formula is C8H11N3O2. The molecule has 1 heterocycles. The minimum atomic E-state index is -0.939. The van der Waals surface area contributed by atoms with Gasteiger partial charge in [-0.25, -0.2) is 4.68 Å². The molecule has 0 aliphatic heterocycles. The van der Waals surface area contributed by atoms with Gasteiger partial charge in [0.05, 0.1) is 12.1 Å². The predicted molar refractivity (Wildman–Crippen MR) is 48.0 cm³/mol. The van der Waals surface area contributed by atoms with Gasteiger partial charge in [0.1, 0.15) is 0 Å². The fourth-order valence-corrected chi connectivity index (χ4v) is 1.01. The van der Waals surface area contributed by atoms with Crippen molar-refractivity contribution in [2.75, 3.05) is 6.54 Å². The van der Waals surface area contributed by atoms with Gasteiger partial charge in [-0.05, 0) is 0 Å². The molecule has 70 valence electrons. The highest BCUT2D eigenvalue weighted by Crippen LogP contribution is 2.13. The molecule has 3 N–H and O–H groups in total. The van der Waals surface area contributed by atoms with Gasteiger partial charge in [0.15, 0.2) is 0 Å². The first kappa shape index (κ1) is 9.47. The van der Waals surface area contributed by atoms with Gasteiger partial charge in [-0.2, -0.15) is 5.10 Å². The first-order valence-corrected chi connectivity index (χ1v) is 3.78. The van der Waals surface area contributed by atoms with Crippen LogP contribution in [0, 0.1) is 0 Å². The quantitative estimate of drug-likeness (QED) is 0.690. The molecule has 0 saturated carbocycles. The zero-order valence-corrected chi connectivity index (χ0v) is 7.05. The van der Waals surface area contributed by atoms with E-state index in [1.807, 2.05) is 0 Å². The summed E-state index contributed by atoms with van der Waals surface area (Å²) in [5.74, 6) is -1.63. The maximum Gasteiger partial charge on any atom is 0.312 e. The molecule has 0 saturated heterocycles. The molecular weight excluding hydrogens is 170 g/mol. The molecule has 0 spiro atoms. The van der Waals surface area contributed by atoms with Crippen molar-refractivity contribution < 1.29 is 9.90 Å². The molecule has 1 aromatic rings. The first-order chi connectivity index (χ1) is 6.19. The topological polar surface area (TPSA) is 81.1 Å². The normalized spacial score (nSPS) is 12.4. The number of aromatic nitrogens is 2. The van der Waals surface area contributed by atoms with E-state index in [1.165, 1.54) is 17.1 Å². The lowest BCUT2D eigenvalue weighted by molar-refractivity contribution is -0.138. The molecule has 1 unspecified atom stereocenters. The van der Waals surface area contributed by atoms with E-state index in [0.717, 1.165) is 0 Å². The Morgan fingerprint density at radius 3 is 3.00 bits per heavy atom. The molecule has 13 heavy (non-hydrogen) atoms. The van der Waals surface area contributed by atoms with E-state index in [0.29, 0.717) is 5.56 Å². The van der Waals surface area contributed by atoms with Gasteiger partial charge in [-0.3, -0.25) is 4.79 Å². The third kappa shape index (κ3) is 1.94. The van der Waals surface area contributed by atoms with E-state index in [4.69, 9.17) is 10.8 Å². The number of carboxylic acid groups (broad SMARTS) is 1. The van der Waals surface area contributed by atoms with Gasteiger partial charge in [-0.1, -0.05) is 6.58 Å². The van der Waals surface area contributed by atoms with Gasteiger partial charge < -0.3 is 10.8 Å². The molecule has 0 aliphatic carbocycles. The summed E-state index contributed by atoms with van der Waals surface area (Å²) >= 11 is 0. The Bertz CT molecular complexity index is 319. The lowest BCUT2D eigenvalue weighted by Gasteiger charge is -2.04. The zero-order chi connectivity index (χ0) is 9.84. The number of hydrogen-bond donors (Lipinski definition) is 2. The van der Waals surface area contributed by atoms with Crippen LogP contribution in [0.2, 0.25) is 0 Å². The van der Waals surface area contributed by atoms with Crippen LogP contribution in [-0.2, 0) is 4.79 Å². The van der Waals surface area contributed by atoms with Crippen molar-refractivity contribution in [3.8, 4) is 0 Å². The second kappa shape index (κ2) is 3.86. The summed E-state index contributed by atoms with van der Waals surface area (Å²) in [6.45, 7) is 3.56. The molecule has 5 nitrogen and oxygen atoms in total. The SMILES string of the molecule is C=Cn1cc(C(CN)C(=O)O)cn1.